The van der Waals surface area contributed by atoms with Crippen LogP contribution >= 0.6 is 11.6 Å². The van der Waals surface area contributed by atoms with Crippen molar-refractivity contribution < 1.29 is 18.0 Å². The Hall–Kier alpha value is -1.27. The molecule has 1 aromatic rings. The lowest BCUT2D eigenvalue weighted by Gasteiger charge is -2.40. The predicted molar refractivity (Wildman–Crippen MR) is 78.7 cm³/mol. The number of hydrogen-bond donors (Lipinski definition) is 0. The Bertz CT molecular complexity index is 499. The van der Waals surface area contributed by atoms with E-state index in [2.05, 4.69) is 0 Å². The summed E-state index contributed by atoms with van der Waals surface area (Å²) in [5.41, 5.74) is 0.223. The van der Waals surface area contributed by atoms with Crippen molar-refractivity contribution in [2.75, 3.05) is 26.2 Å². The normalized spacial score (nSPS) is 19.8. The largest absolute Gasteiger partial charge is 0.408 e. The second-order valence-corrected chi connectivity index (χ2v) is 5.99. The number of amides is 1. The van der Waals surface area contributed by atoms with Gasteiger partial charge in [0.1, 0.15) is 11.4 Å². The molecule has 0 aromatic heterocycles. The number of rotatable bonds is 3. The zero-order valence-corrected chi connectivity index (χ0v) is 12.9. The van der Waals surface area contributed by atoms with Crippen molar-refractivity contribution in [3.8, 4) is 0 Å². The summed E-state index contributed by atoms with van der Waals surface area (Å²) >= 11 is 5.74. The molecule has 7 heteroatoms. The lowest BCUT2D eigenvalue weighted by Crippen LogP contribution is -2.53. The minimum atomic E-state index is -4.35. The molecule has 0 aliphatic carbocycles. The molecule has 1 saturated heterocycles. The summed E-state index contributed by atoms with van der Waals surface area (Å²) < 4.78 is 40.3. The monoisotopic (exact) mass is 334 g/mol. The van der Waals surface area contributed by atoms with E-state index in [9.17, 15) is 18.0 Å². The molecule has 1 aliphatic heterocycles. The Kier molecular flexibility index (Phi) is 5.34. The Balaban J connectivity index is 2.11. The van der Waals surface area contributed by atoms with Crippen LogP contribution in [0.3, 0.4) is 0 Å². The third kappa shape index (κ3) is 3.93. The first kappa shape index (κ1) is 17.1. The van der Waals surface area contributed by atoms with E-state index >= 15 is 0 Å². The Morgan fingerprint density at radius 2 is 1.68 bits per heavy atom. The molecule has 2 rings (SSSR count). The predicted octanol–water partition coefficient (Wildman–Crippen LogP) is 3.06. The first-order valence-corrected chi connectivity index (χ1v) is 7.53. The van der Waals surface area contributed by atoms with Crippen molar-refractivity contribution in [2.45, 2.75) is 24.5 Å². The minimum absolute atomic E-state index is 0.175. The average molecular weight is 335 g/mol. The first-order chi connectivity index (χ1) is 10.3. The van der Waals surface area contributed by atoms with Gasteiger partial charge in [0.2, 0.25) is 5.91 Å². The molecule has 1 heterocycles. The van der Waals surface area contributed by atoms with Gasteiger partial charge in [0, 0.05) is 26.2 Å². The number of halogens is 4. The van der Waals surface area contributed by atoms with Gasteiger partial charge in [0.15, 0.2) is 0 Å². The third-order valence-corrected chi connectivity index (χ3v) is 3.94. The van der Waals surface area contributed by atoms with Crippen molar-refractivity contribution in [1.82, 2.24) is 9.80 Å². The lowest BCUT2D eigenvalue weighted by molar-refractivity contribution is -0.190. The van der Waals surface area contributed by atoms with E-state index in [0.29, 0.717) is 0 Å². The van der Waals surface area contributed by atoms with Crippen LogP contribution in [-0.4, -0.2) is 53.4 Å². The number of carbonyl (C=O) groups excluding carboxylic acids is 1. The number of alkyl halides is 4. The maximum Gasteiger partial charge on any atom is 0.408 e. The van der Waals surface area contributed by atoms with Gasteiger partial charge in [-0.2, -0.15) is 13.2 Å². The number of hydrogen-bond acceptors (Lipinski definition) is 2. The fraction of sp³-hybridized carbons (Fsp3) is 0.533. The Morgan fingerprint density at radius 1 is 1.14 bits per heavy atom. The second kappa shape index (κ2) is 6.87. The van der Waals surface area contributed by atoms with E-state index in [0.717, 1.165) is 0 Å². The molecule has 22 heavy (non-hydrogen) atoms. The highest BCUT2D eigenvalue weighted by Gasteiger charge is 2.45. The maximum absolute atomic E-state index is 13.4. The number of nitrogens with zero attached hydrogens (tertiary/aromatic N) is 2. The van der Waals surface area contributed by atoms with Crippen LogP contribution in [0.1, 0.15) is 18.5 Å². The van der Waals surface area contributed by atoms with Crippen LogP contribution in [0.25, 0.3) is 0 Å². The third-order valence-electron chi connectivity index (χ3n) is 3.76. The highest BCUT2D eigenvalue weighted by molar-refractivity contribution is 6.30. The summed E-state index contributed by atoms with van der Waals surface area (Å²) in [5, 5.41) is -0.654. The molecule has 1 amide bonds. The van der Waals surface area contributed by atoms with Crippen LogP contribution in [0, 0.1) is 0 Å². The van der Waals surface area contributed by atoms with Crippen molar-refractivity contribution in [2.24, 2.45) is 0 Å². The van der Waals surface area contributed by atoms with Gasteiger partial charge in [0.25, 0.3) is 0 Å². The summed E-state index contributed by atoms with van der Waals surface area (Å²) in [6.45, 7) is 2.44. The van der Waals surface area contributed by atoms with Crippen LogP contribution in [0.15, 0.2) is 30.3 Å². The van der Waals surface area contributed by atoms with Gasteiger partial charge in [-0.25, -0.2) is 0 Å². The van der Waals surface area contributed by atoms with Crippen LogP contribution in [-0.2, 0) is 4.79 Å². The highest BCUT2D eigenvalue weighted by atomic mass is 35.5. The number of carbonyl (C=O) groups is 1. The molecule has 0 N–H and O–H groups in total. The van der Waals surface area contributed by atoms with Gasteiger partial charge in [-0.1, -0.05) is 30.3 Å². The van der Waals surface area contributed by atoms with Gasteiger partial charge in [-0.05, 0) is 12.5 Å². The fourth-order valence-corrected chi connectivity index (χ4v) is 2.83. The maximum atomic E-state index is 13.4. The summed E-state index contributed by atoms with van der Waals surface area (Å²) in [6.07, 6.45) is -4.35. The molecule has 122 valence electrons. The van der Waals surface area contributed by atoms with E-state index < -0.39 is 17.6 Å². The fourth-order valence-electron chi connectivity index (χ4n) is 2.69. The van der Waals surface area contributed by atoms with E-state index in [1.165, 1.54) is 21.9 Å². The molecular weight excluding hydrogens is 317 g/mol. The molecular formula is C15H18ClF3N2O. The average Bonchev–Trinajstić information content (AvgIpc) is 2.47. The quantitative estimate of drug-likeness (QED) is 0.793. The van der Waals surface area contributed by atoms with Crippen molar-refractivity contribution in [3.05, 3.63) is 35.9 Å². The van der Waals surface area contributed by atoms with Crippen molar-refractivity contribution >= 4 is 17.5 Å². The van der Waals surface area contributed by atoms with E-state index in [-0.39, 0.29) is 37.6 Å². The van der Waals surface area contributed by atoms with E-state index in [1.54, 1.807) is 25.1 Å². The van der Waals surface area contributed by atoms with E-state index in [4.69, 9.17) is 11.6 Å². The first-order valence-electron chi connectivity index (χ1n) is 7.09. The molecule has 0 radical (unpaired) electrons. The summed E-state index contributed by atoms with van der Waals surface area (Å²) in [6, 6.07) is 6.22. The van der Waals surface area contributed by atoms with Gasteiger partial charge in [-0.15, -0.1) is 11.6 Å². The van der Waals surface area contributed by atoms with Gasteiger partial charge in [0.05, 0.1) is 0 Å². The Morgan fingerprint density at radius 3 is 2.14 bits per heavy atom. The lowest BCUT2D eigenvalue weighted by atomic mass is 10.0. The van der Waals surface area contributed by atoms with Crippen molar-refractivity contribution in [1.29, 1.82) is 0 Å². The number of piperazine rings is 1. The van der Waals surface area contributed by atoms with Crippen LogP contribution in [0.2, 0.25) is 0 Å². The number of benzene rings is 1. The molecule has 3 nitrogen and oxygen atoms in total. The molecule has 0 saturated carbocycles. The zero-order chi connectivity index (χ0) is 16.3. The smallest absolute Gasteiger partial charge is 0.339 e. The summed E-state index contributed by atoms with van der Waals surface area (Å²) in [5.74, 6) is -0.232. The SMILES string of the molecule is CC(Cl)C(=O)N1CCN(C(c2ccccc2)C(F)(F)F)CC1. The van der Waals surface area contributed by atoms with Gasteiger partial charge >= 0.3 is 6.18 Å². The second-order valence-electron chi connectivity index (χ2n) is 5.33. The van der Waals surface area contributed by atoms with Crippen LogP contribution in [0.4, 0.5) is 13.2 Å². The molecule has 0 bridgehead atoms. The molecule has 1 aromatic carbocycles. The molecule has 0 spiro atoms. The summed E-state index contributed by atoms with van der Waals surface area (Å²) in [7, 11) is 0. The van der Waals surface area contributed by atoms with E-state index in [1.807, 2.05) is 0 Å². The standard InChI is InChI=1S/C15H18ClF3N2O/c1-11(16)14(22)21-9-7-20(8-10-21)13(15(17,18)19)12-5-3-2-4-6-12/h2-6,11,13H,7-10H2,1H3. The van der Waals surface area contributed by atoms with Crippen LogP contribution in [0.5, 0.6) is 0 Å². The van der Waals surface area contributed by atoms with Gasteiger partial charge in [-0.3, -0.25) is 9.69 Å². The summed E-state index contributed by atoms with van der Waals surface area (Å²) in [4.78, 5) is 14.7. The Labute approximate surface area is 132 Å². The highest BCUT2D eigenvalue weighted by Crippen LogP contribution is 2.38. The molecule has 1 fully saturated rings. The topological polar surface area (TPSA) is 23.6 Å². The van der Waals surface area contributed by atoms with Crippen molar-refractivity contribution in [3.63, 3.8) is 0 Å². The van der Waals surface area contributed by atoms with Gasteiger partial charge < -0.3 is 4.90 Å². The molecule has 2 unspecified atom stereocenters. The zero-order valence-electron chi connectivity index (χ0n) is 12.2. The van der Waals surface area contributed by atoms with Crippen LogP contribution < -0.4 is 0 Å². The molecule has 2 atom stereocenters. The minimum Gasteiger partial charge on any atom is -0.339 e. The molecule has 1 aliphatic rings.